The van der Waals surface area contributed by atoms with Crippen LogP contribution in [0.3, 0.4) is 0 Å². The van der Waals surface area contributed by atoms with E-state index >= 15 is 0 Å². The van der Waals surface area contributed by atoms with Crippen molar-refractivity contribution in [1.82, 2.24) is 25.5 Å². The molecule has 5 N–H and O–H groups in total. The SMILES string of the molecule is Cc1ccc(-c2cc(Nc3cc(O)cc(O)c3C(=O)N3CC4CNNC4C3)n(C)n2)cc1. The zero-order valence-electron chi connectivity index (χ0n) is 18.0. The van der Waals surface area contributed by atoms with Gasteiger partial charge in [0, 0.05) is 62.4 Å². The molecule has 2 aromatic carbocycles. The predicted molar refractivity (Wildman–Crippen MR) is 121 cm³/mol. The van der Waals surface area contributed by atoms with Gasteiger partial charge in [-0.05, 0) is 6.92 Å². The van der Waals surface area contributed by atoms with Crippen LogP contribution in [0.2, 0.25) is 0 Å². The van der Waals surface area contributed by atoms with Gasteiger partial charge in [0.15, 0.2) is 0 Å². The van der Waals surface area contributed by atoms with E-state index in [1.165, 1.54) is 17.7 Å². The number of nitrogens with zero attached hydrogens (tertiary/aromatic N) is 3. The number of amides is 1. The van der Waals surface area contributed by atoms with Crippen molar-refractivity contribution < 1.29 is 15.0 Å². The second-order valence-electron chi connectivity index (χ2n) is 8.52. The van der Waals surface area contributed by atoms with E-state index in [9.17, 15) is 15.0 Å². The Bertz CT molecular complexity index is 1160. The van der Waals surface area contributed by atoms with Crippen LogP contribution in [0.4, 0.5) is 11.5 Å². The summed E-state index contributed by atoms with van der Waals surface area (Å²) >= 11 is 0. The van der Waals surface area contributed by atoms with E-state index in [0.717, 1.165) is 17.8 Å². The highest BCUT2D eigenvalue weighted by Crippen LogP contribution is 2.36. The molecule has 5 rings (SSSR count). The van der Waals surface area contributed by atoms with Gasteiger partial charge in [-0.2, -0.15) is 5.10 Å². The van der Waals surface area contributed by atoms with Gasteiger partial charge in [-0.25, -0.2) is 0 Å². The Kier molecular flexibility index (Phi) is 4.99. The third-order valence-electron chi connectivity index (χ3n) is 6.19. The molecule has 0 radical (unpaired) electrons. The lowest BCUT2D eigenvalue weighted by Crippen LogP contribution is -2.38. The Balaban J connectivity index is 1.45. The number of carbonyl (C=O) groups is 1. The maximum Gasteiger partial charge on any atom is 0.259 e. The molecule has 32 heavy (non-hydrogen) atoms. The van der Waals surface area contributed by atoms with Gasteiger partial charge in [-0.15, -0.1) is 0 Å². The van der Waals surface area contributed by atoms with E-state index in [-0.39, 0.29) is 29.0 Å². The highest BCUT2D eigenvalue weighted by atomic mass is 16.3. The Labute approximate surface area is 185 Å². The van der Waals surface area contributed by atoms with Crippen molar-refractivity contribution in [2.24, 2.45) is 13.0 Å². The maximum atomic E-state index is 13.3. The average Bonchev–Trinajstić information content (AvgIpc) is 3.43. The minimum atomic E-state index is -0.276. The van der Waals surface area contributed by atoms with E-state index in [4.69, 9.17) is 0 Å². The lowest BCUT2D eigenvalue weighted by atomic mass is 10.1. The number of phenolic OH excluding ortho intramolecular Hbond substituents is 2. The van der Waals surface area contributed by atoms with Gasteiger partial charge in [-0.1, -0.05) is 29.8 Å². The molecule has 2 fully saturated rings. The minimum Gasteiger partial charge on any atom is -0.508 e. The van der Waals surface area contributed by atoms with Crippen LogP contribution >= 0.6 is 0 Å². The molecule has 0 saturated carbocycles. The number of aromatic nitrogens is 2. The molecule has 2 aliphatic rings. The number of hydrazine groups is 1. The Morgan fingerprint density at radius 1 is 1.16 bits per heavy atom. The summed E-state index contributed by atoms with van der Waals surface area (Å²) in [5.74, 6) is 0.294. The van der Waals surface area contributed by atoms with Crippen LogP contribution in [0.15, 0.2) is 42.5 Å². The third-order valence-corrected chi connectivity index (χ3v) is 6.19. The van der Waals surface area contributed by atoms with Crippen molar-refractivity contribution in [2.45, 2.75) is 13.0 Å². The highest BCUT2D eigenvalue weighted by molar-refractivity contribution is 6.03. The quantitative estimate of drug-likeness (QED) is 0.427. The number of nitrogens with one attached hydrogen (secondary N) is 3. The molecule has 1 aromatic heterocycles. The van der Waals surface area contributed by atoms with Gasteiger partial charge >= 0.3 is 0 Å². The largest absolute Gasteiger partial charge is 0.508 e. The number of anilines is 2. The molecule has 0 bridgehead atoms. The molecule has 1 amide bonds. The summed E-state index contributed by atoms with van der Waals surface area (Å²) in [6, 6.07) is 12.8. The molecule has 2 unspecified atom stereocenters. The summed E-state index contributed by atoms with van der Waals surface area (Å²) in [5, 5.41) is 28.4. The number of aryl methyl sites for hydroxylation is 2. The molecule has 9 nitrogen and oxygen atoms in total. The predicted octanol–water partition coefficient (Wildman–Crippen LogP) is 2.10. The minimum absolute atomic E-state index is 0.133. The molecule has 9 heteroatoms. The van der Waals surface area contributed by atoms with Gasteiger partial charge in [-0.3, -0.25) is 20.3 Å². The lowest BCUT2D eigenvalue weighted by Gasteiger charge is -2.21. The first-order valence-electron chi connectivity index (χ1n) is 10.6. The second-order valence-corrected chi connectivity index (χ2v) is 8.52. The fraction of sp³-hybridized carbons (Fsp3) is 0.304. The first kappa shape index (κ1) is 20.3. The standard InChI is InChI=1S/C23H26N6O3/c1-13-3-5-14(6-4-13)17-9-21(28(2)27-17)25-18-7-16(30)8-20(31)22(18)23(32)29-11-15-10-24-26-19(15)12-29/h3-9,15,19,24-26,30-31H,10-12H2,1-2H3. The topological polar surface area (TPSA) is 115 Å². The summed E-state index contributed by atoms with van der Waals surface area (Å²) in [5.41, 5.74) is 9.68. The third kappa shape index (κ3) is 3.65. The van der Waals surface area contributed by atoms with Crippen molar-refractivity contribution in [3.05, 3.63) is 53.6 Å². The second kappa shape index (κ2) is 7.85. The van der Waals surface area contributed by atoms with E-state index in [1.807, 2.05) is 37.3 Å². The summed E-state index contributed by atoms with van der Waals surface area (Å²) < 4.78 is 1.67. The summed E-state index contributed by atoms with van der Waals surface area (Å²) in [7, 11) is 1.80. The van der Waals surface area contributed by atoms with E-state index in [0.29, 0.717) is 30.5 Å². The Hall–Kier alpha value is -3.56. The molecule has 2 aliphatic heterocycles. The van der Waals surface area contributed by atoms with E-state index in [2.05, 4.69) is 21.3 Å². The van der Waals surface area contributed by atoms with Crippen molar-refractivity contribution in [3.8, 4) is 22.8 Å². The first-order chi connectivity index (χ1) is 15.4. The van der Waals surface area contributed by atoms with Crippen LogP contribution in [0.1, 0.15) is 15.9 Å². The molecule has 166 valence electrons. The molecule has 0 aliphatic carbocycles. The van der Waals surface area contributed by atoms with E-state index < -0.39 is 0 Å². The number of rotatable bonds is 4. The number of carbonyl (C=O) groups excluding carboxylic acids is 1. The van der Waals surface area contributed by atoms with Crippen molar-refractivity contribution >= 4 is 17.4 Å². The van der Waals surface area contributed by atoms with Crippen LogP contribution in [-0.4, -0.2) is 56.5 Å². The number of benzene rings is 2. The molecule has 0 spiro atoms. The van der Waals surface area contributed by atoms with Crippen molar-refractivity contribution in [3.63, 3.8) is 0 Å². The Morgan fingerprint density at radius 2 is 1.94 bits per heavy atom. The zero-order chi connectivity index (χ0) is 22.4. The summed E-state index contributed by atoms with van der Waals surface area (Å²) in [4.78, 5) is 15.1. The van der Waals surface area contributed by atoms with Crippen LogP contribution < -0.4 is 16.2 Å². The highest BCUT2D eigenvalue weighted by Gasteiger charge is 2.39. The van der Waals surface area contributed by atoms with Crippen molar-refractivity contribution in [1.29, 1.82) is 0 Å². The van der Waals surface area contributed by atoms with Crippen molar-refractivity contribution in [2.75, 3.05) is 25.0 Å². The lowest BCUT2D eigenvalue weighted by molar-refractivity contribution is 0.0780. The summed E-state index contributed by atoms with van der Waals surface area (Å²) in [6.07, 6.45) is 0. The number of likely N-dealkylation sites (tertiary alicyclic amines) is 1. The van der Waals surface area contributed by atoms with Gasteiger partial charge < -0.3 is 20.4 Å². The molecular weight excluding hydrogens is 408 g/mol. The molecule has 3 heterocycles. The molecule has 2 atom stereocenters. The Morgan fingerprint density at radius 3 is 2.69 bits per heavy atom. The number of aromatic hydroxyl groups is 2. The van der Waals surface area contributed by atoms with Gasteiger partial charge in [0.1, 0.15) is 22.9 Å². The number of fused-ring (bicyclic) bond motifs is 1. The zero-order valence-corrected chi connectivity index (χ0v) is 18.0. The first-order valence-corrected chi connectivity index (χ1v) is 10.6. The van der Waals surface area contributed by atoms with Gasteiger partial charge in [0.25, 0.3) is 5.91 Å². The van der Waals surface area contributed by atoms with Crippen LogP contribution in [0.25, 0.3) is 11.3 Å². The number of hydrogen-bond donors (Lipinski definition) is 5. The number of hydrogen-bond acceptors (Lipinski definition) is 7. The van der Waals surface area contributed by atoms with Crippen LogP contribution in [0, 0.1) is 12.8 Å². The summed E-state index contributed by atoms with van der Waals surface area (Å²) in [6.45, 7) is 3.99. The van der Waals surface area contributed by atoms with Crippen LogP contribution in [-0.2, 0) is 7.05 Å². The monoisotopic (exact) mass is 434 g/mol. The normalized spacial score (nSPS) is 19.9. The fourth-order valence-corrected chi connectivity index (χ4v) is 4.41. The molecule has 3 aromatic rings. The van der Waals surface area contributed by atoms with Gasteiger partial charge in [0.05, 0.1) is 11.4 Å². The van der Waals surface area contributed by atoms with Gasteiger partial charge in [0.2, 0.25) is 0 Å². The average molecular weight is 435 g/mol. The maximum absolute atomic E-state index is 13.3. The van der Waals surface area contributed by atoms with E-state index in [1.54, 1.807) is 16.6 Å². The fourth-order valence-electron chi connectivity index (χ4n) is 4.41. The van der Waals surface area contributed by atoms with Crippen LogP contribution in [0.5, 0.6) is 11.5 Å². The smallest absolute Gasteiger partial charge is 0.259 e. The molecule has 2 saturated heterocycles. The molecular formula is C23H26N6O3. The number of phenols is 2.